The Bertz CT molecular complexity index is 970. The van der Waals surface area contributed by atoms with Gasteiger partial charge in [-0.15, -0.1) is 0 Å². The lowest BCUT2D eigenvalue weighted by Crippen LogP contribution is -2.37. The van der Waals surface area contributed by atoms with Gasteiger partial charge in [-0.25, -0.2) is 0 Å². The van der Waals surface area contributed by atoms with Crippen LogP contribution in [0.3, 0.4) is 0 Å². The van der Waals surface area contributed by atoms with E-state index >= 15 is 0 Å². The van der Waals surface area contributed by atoms with Gasteiger partial charge in [-0.2, -0.15) is 0 Å². The van der Waals surface area contributed by atoms with E-state index in [4.69, 9.17) is 4.74 Å². The van der Waals surface area contributed by atoms with Crippen molar-refractivity contribution in [3.63, 3.8) is 0 Å². The average molecular weight is 401 g/mol. The Labute approximate surface area is 178 Å². The Morgan fingerprint density at radius 2 is 1.80 bits per heavy atom. The summed E-state index contributed by atoms with van der Waals surface area (Å²) in [7, 11) is 0. The second kappa shape index (κ2) is 9.49. The second-order valence-electron chi connectivity index (χ2n) is 7.84. The number of hydrogen-bond acceptors (Lipinski definition) is 3. The molecule has 0 spiro atoms. The maximum absolute atomic E-state index is 12.7. The first-order valence-corrected chi connectivity index (χ1v) is 10.6. The summed E-state index contributed by atoms with van der Waals surface area (Å²) in [6.45, 7) is 3.85. The van der Waals surface area contributed by atoms with Crippen molar-refractivity contribution in [2.45, 2.75) is 38.8 Å². The van der Waals surface area contributed by atoms with Gasteiger partial charge in [0.25, 0.3) is 5.91 Å². The number of piperidine rings is 1. The van der Waals surface area contributed by atoms with Gasteiger partial charge in [0.2, 0.25) is 0 Å². The third-order valence-corrected chi connectivity index (χ3v) is 5.60. The molecule has 1 atom stereocenters. The van der Waals surface area contributed by atoms with E-state index < -0.39 is 0 Å². The zero-order valence-corrected chi connectivity index (χ0v) is 17.4. The van der Waals surface area contributed by atoms with Crippen LogP contribution in [0.15, 0.2) is 78.9 Å². The fourth-order valence-corrected chi connectivity index (χ4v) is 3.89. The molecule has 1 aliphatic heterocycles. The zero-order chi connectivity index (χ0) is 20.8. The number of amides is 1. The molecule has 1 fully saturated rings. The number of anilines is 2. The maximum Gasteiger partial charge on any atom is 0.255 e. The van der Waals surface area contributed by atoms with Crippen molar-refractivity contribution < 1.29 is 9.53 Å². The van der Waals surface area contributed by atoms with Crippen molar-refractivity contribution in [3.8, 4) is 5.75 Å². The van der Waals surface area contributed by atoms with Crippen LogP contribution in [-0.4, -0.2) is 18.5 Å². The Balaban J connectivity index is 1.37. The number of nitrogens with zero attached hydrogens (tertiary/aromatic N) is 1. The summed E-state index contributed by atoms with van der Waals surface area (Å²) >= 11 is 0. The standard InChI is InChI=1S/C26H28N2O2/c1-20-8-5-6-17-28(20)24-15-13-23(14-16-24)27-26(29)22-11-7-12-25(18-22)30-19-21-9-3-2-4-10-21/h2-4,7,9-16,18,20H,5-6,8,17,19H2,1H3,(H,27,29)/t20-/m0/s1. The molecule has 0 saturated carbocycles. The maximum atomic E-state index is 12.7. The van der Waals surface area contributed by atoms with Gasteiger partial charge in [0.15, 0.2) is 0 Å². The minimum absolute atomic E-state index is 0.140. The van der Waals surface area contributed by atoms with Crippen LogP contribution in [0.2, 0.25) is 0 Å². The molecule has 30 heavy (non-hydrogen) atoms. The first-order valence-electron chi connectivity index (χ1n) is 10.6. The monoisotopic (exact) mass is 400 g/mol. The molecule has 1 amide bonds. The summed E-state index contributed by atoms with van der Waals surface area (Å²) in [6, 6.07) is 26.0. The number of rotatable bonds is 6. The van der Waals surface area contributed by atoms with E-state index in [1.807, 2.05) is 54.6 Å². The van der Waals surface area contributed by atoms with Gasteiger partial charge in [0.1, 0.15) is 12.4 Å². The van der Waals surface area contributed by atoms with E-state index in [9.17, 15) is 4.79 Å². The second-order valence-corrected chi connectivity index (χ2v) is 7.84. The number of hydrogen-bond donors (Lipinski definition) is 1. The predicted octanol–water partition coefficient (Wildman–Crippen LogP) is 5.90. The van der Waals surface area contributed by atoms with E-state index in [2.05, 4.69) is 29.3 Å². The van der Waals surface area contributed by atoms with E-state index in [-0.39, 0.29) is 5.91 Å². The Hall–Kier alpha value is -3.27. The minimum atomic E-state index is -0.140. The number of carbonyl (C=O) groups is 1. The molecular weight excluding hydrogens is 372 g/mol. The van der Waals surface area contributed by atoms with Crippen LogP contribution in [0, 0.1) is 0 Å². The molecule has 1 aliphatic rings. The van der Waals surface area contributed by atoms with Crippen molar-refractivity contribution in [3.05, 3.63) is 90.0 Å². The van der Waals surface area contributed by atoms with E-state index in [1.165, 1.54) is 24.9 Å². The molecule has 1 heterocycles. The normalized spacial score (nSPS) is 16.2. The van der Waals surface area contributed by atoms with Gasteiger partial charge in [0, 0.05) is 29.5 Å². The molecule has 4 nitrogen and oxygen atoms in total. The molecule has 154 valence electrons. The molecule has 0 radical (unpaired) electrons. The van der Waals surface area contributed by atoms with Gasteiger partial charge in [-0.3, -0.25) is 4.79 Å². The Morgan fingerprint density at radius 1 is 1.00 bits per heavy atom. The van der Waals surface area contributed by atoms with Gasteiger partial charge in [-0.1, -0.05) is 36.4 Å². The molecule has 3 aromatic rings. The molecule has 0 aliphatic carbocycles. The van der Waals surface area contributed by atoms with Gasteiger partial charge in [0.05, 0.1) is 0 Å². The van der Waals surface area contributed by atoms with E-state index in [0.717, 1.165) is 17.8 Å². The van der Waals surface area contributed by atoms with Crippen LogP contribution in [0.5, 0.6) is 5.75 Å². The van der Waals surface area contributed by atoms with Crippen molar-refractivity contribution in [2.75, 3.05) is 16.8 Å². The summed E-state index contributed by atoms with van der Waals surface area (Å²) in [6.07, 6.45) is 3.78. The first kappa shape index (κ1) is 20.0. The molecule has 1 saturated heterocycles. The fraction of sp³-hybridized carbons (Fsp3) is 0.269. The summed E-state index contributed by atoms with van der Waals surface area (Å²) < 4.78 is 5.84. The fourth-order valence-electron chi connectivity index (χ4n) is 3.89. The third kappa shape index (κ3) is 5.01. The summed E-state index contributed by atoms with van der Waals surface area (Å²) in [5.41, 5.74) is 3.69. The smallest absolute Gasteiger partial charge is 0.255 e. The summed E-state index contributed by atoms with van der Waals surface area (Å²) in [5.74, 6) is 0.542. The van der Waals surface area contributed by atoms with Crippen LogP contribution in [0.1, 0.15) is 42.1 Å². The molecule has 3 aromatic carbocycles. The van der Waals surface area contributed by atoms with Crippen LogP contribution in [-0.2, 0) is 6.61 Å². The Morgan fingerprint density at radius 3 is 2.57 bits per heavy atom. The number of carbonyl (C=O) groups excluding carboxylic acids is 1. The topological polar surface area (TPSA) is 41.6 Å². The molecule has 4 heteroatoms. The van der Waals surface area contributed by atoms with E-state index in [0.29, 0.717) is 24.0 Å². The molecule has 0 aromatic heterocycles. The van der Waals surface area contributed by atoms with Crippen molar-refractivity contribution in [2.24, 2.45) is 0 Å². The highest BCUT2D eigenvalue weighted by atomic mass is 16.5. The minimum Gasteiger partial charge on any atom is -0.489 e. The lowest BCUT2D eigenvalue weighted by atomic mass is 10.0. The highest BCUT2D eigenvalue weighted by Crippen LogP contribution is 2.26. The highest BCUT2D eigenvalue weighted by Gasteiger charge is 2.18. The summed E-state index contributed by atoms with van der Waals surface area (Å²) in [4.78, 5) is 15.1. The number of benzene rings is 3. The van der Waals surface area contributed by atoms with Crippen LogP contribution in [0.25, 0.3) is 0 Å². The van der Waals surface area contributed by atoms with Gasteiger partial charge < -0.3 is 15.0 Å². The molecule has 4 rings (SSSR count). The highest BCUT2D eigenvalue weighted by molar-refractivity contribution is 6.04. The SMILES string of the molecule is C[C@H]1CCCCN1c1ccc(NC(=O)c2cccc(OCc3ccccc3)c2)cc1. The van der Waals surface area contributed by atoms with Crippen molar-refractivity contribution in [1.82, 2.24) is 0 Å². The number of ether oxygens (including phenoxy) is 1. The predicted molar refractivity (Wildman–Crippen MR) is 122 cm³/mol. The van der Waals surface area contributed by atoms with Crippen LogP contribution >= 0.6 is 0 Å². The quantitative estimate of drug-likeness (QED) is 0.560. The lowest BCUT2D eigenvalue weighted by molar-refractivity contribution is 0.102. The zero-order valence-electron chi connectivity index (χ0n) is 17.4. The molecule has 0 unspecified atom stereocenters. The summed E-state index contributed by atoms with van der Waals surface area (Å²) in [5, 5.41) is 2.99. The van der Waals surface area contributed by atoms with Gasteiger partial charge >= 0.3 is 0 Å². The Kier molecular flexibility index (Phi) is 6.33. The average Bonchev–Trinajstić information content (AvgIpc) is 2.79. The largest absolute Gasteiger partial charge is 0.489 e. The molecular formula is C26H28N2O2. The lowest BCUT2D eigenvalue weighted by Gasteiger charge is -2.35. The van der Waals surface area contributed by atoms with Crippen molar-refractivity contribution >= 4 is 17.3 Å². The van der Waals surface area contributed by atoms with Crippen molar-refractivity contribution in [1.29, 1.82) is 0 Å². The molecule has 1 N–H and O–H groups in total. The van der Waals surface area contributed by atoms with Crippen LogP contribution < -0.4 is 15.0 Å². The first-order chi connectivity index (χ1) is 14.7. The van der Waals surface area contributed by atoms with Gasteiger partial charge in [-0.05, 0) is 74.2 Å². The van der Waals surface area contributed by atoms with E-state index in [1.54, 1.807) is 12.1 Å². The molecule has 0 bridgehead atoms. The van der Waals surface area contributed by atoms with Crippen LogP contribution in [0.4, 0.5) is 11.4 Å². The third-order valence-electron chi connectivity index (χ3n) is 5.60. The number of nitrogens with one attached hydrogen (secondary N) is 1.